The molecule has 0 saturated heterocycles. The third-order valence-corrected chi connectivity index (χ3v) is 5.68. The first-order chi connectivity index (χ1) is 13.1. The summed E-state index contributed by atoms with van der Waals surface area (Å²) >= 11 is 0. The number of carboxylic acid groups (broad SMARTS) is 1. The first kappa shape index (κ1) is 17.5. The third-order valence-electron chi connectivity index (χ3n) is 5.68. The lowest BCUT2D eigenvalue weighted by molar-refractivity contribution is -0.149. The number of ether oxygens (including phenoxy) is 1. The Hall–Kier alpha value is -2.86. The highest BCUT2D eigenvalue weighted by atomic mass is 16.5. The van der Waals surface area contributed by atoms with Crippen LogP contribution in [0.15, 0.2) is 48.5 Å². The second-order valence-electron chi connectivity index (χ2n) is 7.12. The molecule has 140 valence electrons. The minimum atomic E-state index is -0.969. The van der Waals surface area contributed by atoms with Gasteiger partial charge in [-0.15, -0.1) is 0 Å². The van der Waals surface area contributed by atoms with E-state index in [-0.39, 0.29) is 25.0 Å². The van der Waals surface area contributed by atoms with Crippen LogP contribution in [0.25, 0.3) is 11.1 Å². The van der Waals surface area contributed by atoms with E-state index < -0.39 is 24.0 Å². The molecule has 0 radical (unpaired) electrons. The van der Waals surface area contributed by atoms with Gasteiger partial charge in [0.2, 0.25) is 0 Å². The highest BCUT2D eigenvalue weighted by Crippen LogP contribution is 2.44. The zero-order valence-corrected chi connectivity index (χ0v) is 14.7. The normalized spacial score (nSPS) is 23.1. The first-order valence-corrected chi connectivity index (χ1v) is 9.05. The van der Waals surface area contributed by atoms with Gasteiger partial charge in [-0.3, -0.25) is 4.79 Å². The Morgan fingerprint density at radius 3 is 2.19 bits per heavy atom. The summed E-state index contributed by atoms with van der Waals surface area (Å²) in [6, 6.07) is 15.5. The van der Waals surface area contributed by atoms with Gasteiger partial charge in [-0.25, -0.2) is 4.79 Å². The summed E-state index contributed by atoms with van der Waals surface area (Å²) in [6.07, 6.45) is -0.286. The number of hydrogen-bond acceptors (Lipinski definition) is 4. The molecule has 0 heterocycles. The van der Waals surface area contributed by atoms with Gasteiger partial charge in [-0.05, 0) is 28.7 Å². The molecule has 3 atom stereocenters. The molecule has 2 aliphatic rings. The Bertz CT molecular complexity index is 835. The molecule has 1 fully saturated rings. The zero-order chi connectivity index (χ0) is 19.0. The molecule has 1 amide bonds. The largest absolute Gasteiger partial charge is 0.481 e. The number of amides is 1. The number of alkyl carbamates (subject to hydrolysis) is 1. The second-order valence-corrected chi connectivity index (χ2v) is 7.12. The quantitative estimate of drug-likeness (QED) is 0.755. The molecule has 0 aromatic heterocycles. The van der Waals surface area contributed by atoms with Crippen molar-refractivity contribution in [2.75, 3.05) is 13.2 Å². The van der Waals surface area contributed by atoms with Gasteiger partial charge in [0.05, 0.1) is 12.0 Å². The number of benzene rings is 2. The predicted octanol–water partition coefficient (Wildman–Crippen LogP) is 2.61. The van der Waals surface area contributed by atoms with E-state index in [4.69, 9.17) is 4.74 Å². The van der Waals surface area contributed by atoms with Crippen LogP contribution >= 0.6 is 0 Å². The van der Waals surface area contributed by atoms with Crippen molar-refractivity contribution in [2.45, 2.75) is 18.4 Å². The summed E-state index contributed by atoms with van der Waals surface area (Å²) in [4.78, 5) is 23.5. The zero-order valence-electron chi connectivity index (χ0n) is 14.7. The van der Waals surface area contributed by atoms with E-state index in [1.807, 2.05) is 36.4 Å². The maximum atomic E-state index is 12.2. The van der Waals surface area contributed by atoms with E-state index in [1.54, 1.807) is 0 Å². The number of aliphatic hydroxyl groups is 1. The van der Waals surface area contributed by atoms with Crippen LogP contribution in [0.2, 0.25) is 0 Å². The molecule has 6 heteroatoms. The van der Waals surface area contributed by atoms with Gasteiger partial charge in [0, 0.05) is 18.4 Å². The molecule has 2 aliphatic carbocycles. The molecule has 3 N–H and O–H groups in total. The molecule has 0 aliphatic heterocycles. The number of nitrogens with one attached hydrogen (secondary N) is 1. The Kier molecular flexibility index (Phi) is 4.58. The van der Waals surface area contributed by atoms with Crippen molar-refractivity contribution in [1.29, 1.82) is 0 Å². The van der Waals surface area contributed by atoms with Crippen molar-refractivity contribution in [3.63, 3.8) is 0 Å². The maximum absolute atomic E-state index is 12.2. The predicted molar refractivity (Wildman–Crippen MR) is 98.3 cm³/mol. The van der Waals surface area contributed by atoms with Crippen LogP contribution in [0.3, 0.4) is 0 Å². The fraction of sp³-hybridized carbons (Fsp3) is 0.333. The smallest absolute Gasteiger partial charge is 0.407 e. The third kappa shape index (κ3) is 3.06. The van der Waals surface area contributed by atoms with Crippen molar-refractivity contribution in [1.82, 2.24) is 5.32 Å². The van der Waals surface area contributed by atoms with Crippen LogP contribution in [0.4, 0.5) is 4.79 Å². The molecular formula is C21H21NO5. The van der Waals surface area contributed by atoms with Crippen LogP contribution in [0.5, 0.6) is 0 Å². The van der Waals surface area contributed by atoms with Gasteiger partial charge in [0.1, 0.15) is 6.61 Å². The average Bonchev–Trinajstić information content (AvgIpc) is 2.98. The van der Waals surface area contributed by atoms with E-state index in [2.05, 4.69) is 17.4 Å². The number of carbonyl (C=O) groups excluding carboxylic acids is 1. The van der Waals surface area contributed by atoms with Crippen molar-refractivity contribution in [3.8, 4) is 11.1 Å². The summed E-state index contributed by atoms with van der Waals surface area (Å²) in [7, 11) is 0. The highest BCUT2D eigenvalue weighted by molar-refractivity contribution is 5.79. The van der Waals surface area contributed by atoms with E-state index in [0.717, 1.165) is 22.3 Å². The van der Waals surface area contributed by atoms with E-state index in [9.17, 15) is 19.8 Å². The Labute approximate surface area is 156 Å². The highest BCUT2D eigenvalue weighted by Gasteiger charge is 2.46. The fourth-order valence-electron chi connectivity index (χ4n) is 4.19. The topological polar surface area (TPSA) is 95.9 Å². The van der Waals surface area contributed by atoms with Gasteiger partial charge in [-0.2, -0.15) is 0 Å². The molecule has 0 spiro atoms. The standard InChI is InChI=1S/C21H21NO5/c23-10-12-9-17(20(24)25)19(12)22-21(26)27-11-18-15-7-3-1-5-13(15)14-6-2-4-8-16(14)18/h1-8,12,17-19,23H,9-11H2,(H,22,26)(H,24,25)/t12-,17-,19+/m0/s1. The lowest BCUT2D eigenvalue weighted by Crippen LogP contribution is -2.57. The van der Waals surface area contributed by atoms with E-state index in [0.29, 0.717) is 6.42 Å². The molecule has 2 aromatic rings. The summed E-state index contributed by atoms with van der Waals surface area (Å²) in [6.45, 7) is 0.0201. The fourth-order valence-corrected chi connectivity index (χ4v) is 4.19. The molecule has 1 saturated carbocycles. The molecule has 27 heavy (non-hydrogen) atoms. The van der Waals surface area contributed by atoms with Crippen molar-refractivity contribution >= 4 is 12.1 Å². The van der Waals surface area contributed by atoms with Crippen LogP contribution < -0.4 is 5.32 Å². The number of hydrogen-bond donors (Lipinski definition) is 3. The SMILES string of the molecule is O=C(N[C@@H]1[C@H](CO)C[C@@H]1C(=O)O)OCC1c2ccccc2-c2ccccc21. The van der Waals surface area contributed by atoms with Gasteiger partial charge in [0.25, 0.3) is 0 Å². The Balaban J connectivity index is 1.44. The molecule has 4 rings (SSSR count). The number of fused-ring (bicyclic) bond motifs is 3. The first-order valence-electron chi connectivity index (χ1n) is 9.05. The summed E-state index contributed by atoms with van der Waals surface area (Å²) in [5.41, 5.74) is 4.53. The monoisotopic (exact) mass is 367 g/mol. The van der Waals surface area contributed by atoms with E-state index >= 15 is 0 Å². The number of carbonyl (C=O) groups is 2. The number of rotatable bonds is 5. The van der Waals surface area contributed by atoms with Crippen LogP contribution in [-0.4, -0.2) is 41.5 Å². The minimum absolute atomic E-state index is 0.0477. The lowest BCUT2D eigenvalue weighted by Gasteiger charge is -2.41. The van der Waals surface area contributed by atoms with Gasteiger partial charge in [0.15, 0.2) is 0 Å². The van der Waals surface area contributed by atoms with Crippen molar-refractivity contribution in [2.24, 2.45) is 11.8 Å². The van der Waals surface area contributed by atoms with Crippen LogP contribution in [-0.2, 0) is 9.53 Å². The summed E-state index contributed by atoms with van der Waals surface area (Å²) in [5, 5.41) is 21.1. The van der Waals surface area contributed by atoms with Crippen LogP contribution in [0.1, 0.15) is 23.5 Å². The maximum Gasteiger partial charge on any atom is 0.407 e. The molecular weight excluding hydrogens is 346 g/mol. The number of carboxylic acids is 1. The summed E-state index contributed by atoms with van der Waals surface area (Å²) < 4.78 is 5.44. The molecule has 6 nitrogen and oxygen atoms in total. The van der Waals surface area contributed by atoms with Gasteiger partial charge >= 0.3 is 12.1 Å². The summed E-state index contributed by atoms with van der Waals surface area (Å²) in [5.74, 6) is -1.94. The van der Waals surface area contributed by atoms with E-state index in [1.165, 1.54) is 0 Å². The van der Waals surface area contributed by atoms with Gasteiger partial charge in [-0.1, -0.05) is 48.5 Å². The van der Waals surface area contributed by atoms with Crippen LogP contribution in [0, 0.1) is 11.8 Å². The second kappa shape index (κ2) is 7.04. The molecule has 0 unspecified atom stereocenters. The van der Waals surface area contributed by atoms with Gasteiger partial charge < -0.3 is 20.3 Å². The lowest BCUT2D eigenvalue weighted by atomic mass is 9.70. The van der Waals surface area contributed by atoms with Crippen molar-refractivity contribution < 1.29 is 24.5 Å². The average molecular weight is 367 g/mol. The number of aliphatic hydroxyl groups excluding tert-OH is 1. The Morgan fingerprint density at radius 2 is 1.63 bits per heavy atom. The minimum Gasteiger partial charge on any atom is -0.481 e. The van der Waals surface area contributed by atoms with Crippen molar-refractivity contribution in [3.05, 3.63) is 59.7 Å². The molecule has 2 aromatic carbocycles. The number of aliphatic carboxylic acids is 1. The molecule has 0 bridgehead atoms. The Morgan fingerprint density at radius 1 is 1.04 bits per heavy atom.